The molecule has 0 aliphatic rings. The summed E-state index contributed by atoms with van der Waals surface area (Å²) in [6.07, 6.45) is 1.83. The predicted octanol–water partition coefficient (Wildman–Crippen LogP) is 9.99. The molecule has 4 nitrogen and oxygen atoms in total. The zero-order valence-corrected chi connectivity index (χ0v) is 27.6. The van der Waals surface area contributed by atoms with Gasteiger partial charge in [-0.3, -0.25) is 4.98 Å². The molecule has 4 aromatic carbocycles. The first-order valence-electron chi connectivity index (χ1n) is 14.3. The molecule has 0 aliphatic carbocycles. The molecule has 6 aromatic rings. The largest absolute Gasteiger partial charge is 0.507 e. The number of aromatic nitrogens is 2. The Morgan fingerprint density at radius 2 is 1.37 bits per heavy atom. The number of para-hydroxylation sites is 1. The maximum absolute atomic E-state index is 10.9. The SMILES string of the molecule is CC(C)(C)c1cc(C(C)(C)C)c(-c2cccc3oc(-c4cc(-c5ccccc5)ccc4O)nc23)[c-]c1-c1ccccn1.[Pt]. The van der Waals surface area contributed by atoms with Crippen molar-refractivity contribution >= 4 is 11.1 Å². The van der Waals surface area contributed by atoms with E-state index in [2.05, 4.69) is 59.7 Å². The van der Waals surface area contributed by atoms with Crippen LogP contribution in [0.3, 0.4) is 0 Å². The van der Waals surface area contributed by atoms with Crippen molar-refractivity contribution < 1.29 is 30.6 Å². The first-order valence-corrected chi connectivity index (χ1v) is 14.3. The molecule has 2 aromatic heterocycles. The van der Waals surface area contributed by atoms with Gasteiger partial charge in [0.2, 0.25) is 5.89 Å². The third-order valence-electron chi connectivity index (χ3n) is 7.64. The van der Waals surface area contributed by atoms with E-state index in [-0.39, 0.29) is 37.6 Å². The van der Waals surface area contributed by atoms with Gasteiger partial charge in [-0.2, -0.15) is 0 Å². The van der Waals surface area contributed by atoms with Crippen molar-refractivity contribution in [2.24, 2.45) is 0 Å². The molecule has 0 amide bonds. The molecule has 0 unspecified atom stereocenters. The zero-order chi connectivity index (χ0) is 29.6. The molecule has 0 spiro atoms. The van der Waals surface area contributed by atoms with Gasteiger partial charge in [-0.05, 0) is 46.2 Å². The van der Waals surface area contributed by atoms with Crippen molar-refractivity contribution in [2.45, 2.75) is 52.4 Å². The molecule has 43 heavy (non-hydrogen) atoms. The molecule has 220 valence electrons. The van der Waals surface area contributed by atoms with Crippen LogP contribution in [0.5, 0.6) is 5.75 Å². The van der Waals surface area contributed by atoms with Crippen molar-refractivity contribution in [2.75, 3.05) is 0 Å². The van der Waals surface area contributed by atoms with Crippen LogP contribution in [0.25, 0.3) is 56.1 Å². The minimum Gasteiger partial charge on any atom is -0.507 e. The number of nitrogens with zero attached hydrogens (tertiary/aromatic N) is 2. The van der Waals surface area contributed by atoms with E-state index in [1.165, 1.54) is 11.1 Å². The van der Waals surface area contributed by atoms with Gasteiger partial charge in [0.15, 0.2) is 0 Å². The fraction of sp³-hybridized carbons (Fsp3) is 0.211. The van der Waals surface area contributed by atoms with Gasteiger partial charge in [0.05, 0.1) is 11.1 Å². The van der Waals surface area contributed by atoms with Crippen LogP contribution < -0.4 is 0 Å². The standard InChI is InChI=1S/C38H35N2O2.Pt/c1-37(2,3)30-23-31(38(4,5)6)28(32-16-10-11-20-39-32)22-27(30)26-15-12-17-34-35(26)40-36(42-34)29-21-25(18-19-33(29)41)24-13-8-7-9-14-24;/h7-21,23,41H,1-6H3;/q-1;. The van der Waals surface area contributed by atoms with Crippen LogP contribution in [0.4, 0.5) is 0 Å². The Labute approximate surface area is 268 Å². The number of benzene rings is 4. The molecule has 1 N–H and O–H groups in total. The molecule has 0 atom stereocenters. The maximum atomic E-state index is 10.9. The molecular formula is C38H35N2O2Pt-. The molecule has 0 fully saturated rings. The molecule has 6 rings (SSSR count). The number of phenolic OH excluding ortho intramolecular Hbond substituents is 1. The first kappa shape index (κ1) is 30.4. The molecule has 2 heterocycles. The second kappa shape index (κ2) is 11.6. The van der Waals surface area contributed by atoms with E-state index in [0.29, 0.717) is 17.0 Å². The van der Waals surface area contributed by atoms with Gasteiger partial charge in [-0.1, -0.05) is 113 Å². The summed E-state index contributed by atoms with van der Waals surface area (Å²) in [5.74, 6) is 0.498. The Morgan fingerprint density at radius 3 is 2.05 bits per heavy atom. The third kappa shape index (κ3) is 5.94. The van der Waals surface area contributed by atoms with Gasteiger partial charge in [-0.15, -0.1) is 28.8 Å². The van der Waals surface area contributed by atoms with Crippen LogP contribution in [-0.2, 0) is 31.9 Å². The zero-order valence-electron chi connectivity index (χ0n) is 25.3. The van der Waals surface area contributed by atoms with Crippen LogP contribution in [0.1, 0.15) is 52.7 Å². The summed E-state index contributed by atoms with van der Waals surface area (Å²) >= 11 is 0. The number of pyridine rings is 1. The topological polar surface area (TPSA) is 59.2 Å². The molecule has 5 heteroatoms. The van der Waals surface area contributed by atoms with E-state index in [0.717, 1.165) is 39.0 Å². The second-order valence-electron chi connectivity index (χ2n) is 12.8. The van der Waals surface area contributed by atoms with Gasteiger partial charge in [-0.25, -0.2) is 4.98 Å². The average molecular weight is 747 g/mol. The molecule has 0 saturated heterocycles. The van der Waals surface area contributed by atoms with E-state index in [4.69, 9.17) is 14.4 Å². The predicted molar refractivity (Wildman–Crippen MR) is 171 cm³/mol. The van der Waals surface area contributed by atoms with Crippen molar-refractivity contribution in [3.63, 3.8) is 0 Å². The summed E-state index contributed by atoms with van der Waals surface area (Å²) in [6, 6.07) is 33.7. The van der Waals surface area contributed by atoms with Gasteiger partial charge in [0.25, 0.3) is 0 Å². The number of aromatic hydroxyl groups is 1. The Kier molecular flexibility index (Phi) is 8.20. The maximum Gasteiger partial charge on any atom is 0.230 e. The van der Waals surface area contributed by atoms with Crippen molar-refractivity contribution in [1.29, 1.82) is 0 Å². The van der Waals surface area contributed by atoms with Crippen LogP contribution >= 0.6 is 0 Å². The molecular weight excluding hydrogens is 712 g/mol. The Balaban J connectivity index is 0.00000368. The van der Waals surface area contributed by atoms with Crippen LogP contribution in [0, 0.1) is 6.07 Å². The number of fused-ring (bicyclic) bond motifs is 1. The summed E-state index contributed by atoms with van der Waals surface area (Å²) in [5, 5.41) is 10.9. The van der Waals surface area contributed by atoms with Gasteiger partial charge in [0, 0.05) is 33.0 Å². The van der Waals surface area contributed by atoms with Gasteiger partial charge >= 0.3 is 0 Å². The number of phenols is 1. The van der Waals surface area contributed by atoms with Crippen LogP contribution in [-0.4, -0.2) is 15.1 Å². The number of oxazole rings is 1. The fourth-order valence-corrected chi connectivity index (χ4v) is 5.44. The Hall–Kier alpha value is -4.01. The first-order chi connectivity index (χ1) is 20.0. The van der Waals surface area contributed by atoms with Gasteiger partial charge < -0.3 is 9.52 Å². The van der Waals surface area contributed by atoms with Crippen molar-refractivity contribution in [3.05, 3.63) is 114 Å². The van der Waals surface area contributed by atoms with Gasteiger partial charge in [0.1, 0.15) is 11.3 Å². The van der Waals surface area contributed by atoms with E-state index in [9.17, 15) is 5.11 Å². The van der Waals surface area contributed by atoms with Crippen molar-refractivity contribution in [1.82, 2.24) is 9.97 Å². The second-order valence-corrected chi connectivity index (χ2v) is 12.8. The Morgan fingerprint density at radius 1 is 0.674 bits per heavy atom. The summed E-state index contributed by atoms with van der Waals surface area (Å²) < 4.78 is 6.31. The van der Waals surface area contributed by atoms with E-state index in [1.54, 1.807) is 6.07 Å². The third-order valence-corrected chi connectivity index (χ3v) is 7.64. The summed E-state index contributed by atoms with van der Waals surface area (Å²) in [7, 11) is 0. The minimum atomic E-state index is -0.161. The summed E-state index contributed by atoms with van der Waals surface area (Å²) in [5.41, 5.74) is 9.86. The minimum absolute atomic E-state index is 0. The molecule has 0 radical (unpaired) electrons. The number of rotatable bonds is 4. The molecule has 0 saturated carbocycles. The normalized spacial score (nSPS) is 11.9. The quantitative estimate of drug-likeness (QED) is 0.183. The van der Waals surface area contributed by atoms with Crippen LogP contribution in [0.2, 0.25) is 0 Å². The van der Waals surface area contributed by atoms with Crippen LogP contribution in [0.15, 0.2) is 102 Å². The fourth-order valence-electron chi connectivity index (χ4n) is 5.44. The monoisotopic (exact) mass is 746 g/mol. The van der Waals surface area contributed by atoms with E-state index >= 15 is 0 Å². The summed E-state index contributed by atoms with van der Waals surface area (Å²) in [6.45, 7) is 13.4. The number of hydrogen-bond donors (Lipinski definition) is 1. The Bertz CT molecular complexity index is 1900. The smallest absolute Gasteiger partial charge is 0.230 e. The van der Waals surface area contributed by atoms with E-state index < -0.39 is 0 Å². The van der Waals surface area contributed by atoms with Crippen molar-refractivity contribution in [3.8, 4) is 50.7 Å². The molecule has 0 aliphatic heterocycles. The average Bonchev–Trinajstić information content (AvgIpc) is 3.41. The summed E-state index contributed by atoms with van der Waals surface area (Å²) in [4.78, 5) is 9.70. The number of hydrogen-bond acceptors (Lipinski definition) is 4. The van der Waals surface area contributed by atoms with E-state index in [1.807, 2.05) is 79.0 Å². The molecule has 0 bridgehead atoms.